The van der Waals surface area contributed by atoms with Crippen LogP contribution in [0.1, 0.15) is 26.2 Å². The molecule has 0 radical (unpaired) electrons. The molecule has 0 bridgehead atoms. The van der Waals surface area contributed by atoms with Crippen LogP contribution in [-0.4, -0.2) is 57.2 Å². The van der Waals surface area contributed by atoms with Gasteiger partial charge in [0.25, 0.3) is 0 Å². The van der Waals surface area contributed by atoms with Crippen LogP contribution in [0.2, 0.25) is 0 Å². The van der Waals surface area contributed by atoms with Gasteiger partial charge in [0, 0.05) is 25.6 Å². The summed E-state index contributed by atoms with van der Waals surface area (Å²) in [4.78, 5) is 12.0. The van der Waals surface area contributed by atoms with Gasteiger partial charge in [-0.3, -0.25) is 4.79 Å². The van der Waals surface area contributed by atoms with E-state index in [4.69, 9.17) is 4.74 Å². The van der Waals surface area contributed by atoms with Crippen molar-refractivity contribution < 1.29 is 17.9 Å². The Kier molecular flexibility index (Phi) is 4.47. The maximum Gasteiger partial charge on any atom is 0.222 e. The van der Waals surface area contributed by atoms with Gasteiger partial charge in [-0.2, -0.15) is 0 Å². The second-order valence-electron chi connectivity index (χ2n) is 5.73. The number of nitrogens with one attached hydrogen (secondary N) is 2. The van der Waals surface area contributed by atoms with Gasteiger partial charge in [-0.15, -0.1) is 0 Å². The van der Waals surface area contributed by atoms with Gasteiger partial charge in [0.1, 0.15) is 0 Å². The molecule has 0 saturated carbocycles. The molecule has 2 aliphatic rings. The van der Waals surface area contributed by atoms with Crippen molar-refractivity contribution >= 4 is 15.7 Å². The summed E-state index contributed by atoms with van der Waals surface area (Å²) in [7, 11) is -2.99. The Labute approximate surface area is 114 Å². The molecule has 0 aromatic rings. The fraction of sp³-hybridized carbons (Fsp3) is 0.917. The third kappa shape index (κ3) is 4.43. The van der Waals surface area contributed by atoms with Crippen LogP contribution in [-0.2, 0) is 19.4 Å². The fourth-order valence-electron chi connectivity index (χ4n) is 2.64. The number of amides is 1. The van der Waals surface area contributed by atoms with Gasteiger partial charge in [0.05, 0.1) is 23.7 Å². The molecule has 19 heavy (non-hydrogen) atoms. The zero-order valence-corrected chi connectivity index (χ0v) is 12.1. The van der Waals surface area contributed by atoms with E-state index in [1.165, 1.54) is 0 Å². The predicted molar refractivity (Wildman–Crippen MR) is 71.7 cm³/mol. The highest BCUT2D eigenvalue weighted by Crippen LogP contribution is 2.18. The number of sulfone groups is 1. The van der Waals surface area contributed by atoms with Crippen molar-refractivity contribution in [3.8, 4) is 0 Å². The van der Waals surface area contributed by atoms with Crippen LogP contribution in [0, 0.1) is 0 Å². The van der Waals surface area contributed by atoms with Crippen molar-refractivity contribution in [3.63, 3.8) is 0 Å². The minimum atomic E-state index is -2.99. The third-order valence-corrected chi connectivity index (χ3v) is 5.35. The summed E-state index contributed by atoms with van der Waals surface area (Å²) >= 11 is 0. The van der Waals surface area contributed by atoms with Crippen LogP contribution in [0.25, 0.3) is 0 Å². The largest absolute Gasteiger partial charge is 0.379 e. The Morgan fingerprint density at radius 1 is 1.53 bits per heavy atom. The molecule has 2 saturated heterocycles. The van der Waals surface area contributed by atoms with Crippen LogP contribution in [0.4, 0.5) is 0 Å². The van der Waals surface area contributed by atoms with Crippen LogP contribution < -0.4 is 10.6 Å². The molecule has 110 valence electrons. The molecule has 2 heterocycles. The monoisotopic (exact) mass is 290 g/mol. The molecule has 0 spiro atoms. The van der Waals surface area contributed by atoms with E-state index >= 15 is 0 Å². The van der Waals surface area contributed by atoms with E-state index in [-0.39, 0.29) is 35.4 Å². The summed E-state index contributed by atoms with van der Waals surface area (Å²) in [5.41, 5.74) is -0.317. The maximum absolute atomic E-state index is 12.0. The fourth-order valence-corrected chi connectivity index (χ4v) is 4.09. The topological polar surface area (TPSA) is 84.5 Å². The second-order valence-corrected chi connectivity index (χ2v) is 7.96. The lowest BCUT2D eigenvalue weighted by Gasteiger charge is -2.35. The van der Waals surface area contributed by atoms with Gasteiger partial charge < -0.3 is 15.4 Å². The van der Waals surface area contributed by atoms with Crippen LogP contribution in [0.3, 0.4) is 0 Å². The molecular weight excluding hydrogens is 268 g/mol. The predicted octanol–water partition coefficient (Wildman–Crippen LogP) is -0.552. The number of rotatable bonds is 3. The van der Waals surface area contributed by atoms with Gasteiger partial charge in [0.15, 0.2) is 9.84 Å². The summed E-state index contributed by atoms with van der Waals surface area (Å²) in [5.74, 6) is 0.104. The summed E-state index contributed by atoms with van der Waals surface area (Å²) in [6, 6.07) is -0.271. The van der Waals surface area contributed by atoms with E-state index in [2.05, 4.69) is 10.6 Å². The highest BCUT2D eigenvalue weighted by Gasteiger charge is 2.31. The van der Waals surface area contributed by atoms with Gasteiger partial charge in [-0.25, -0.2) is 8.42 Å². The molecule has 1 amide bonds. The van der Waals surface area contributed by atoms with Gasteiger partial charge in [0.2, 0.25) is 5.91 Å². The Hall–Kier alpha value is -0.660. The normalized spacial score (nSPS) is 34.7. The molecule has 7 heteroatoms. The van der Waals surface area contributed by atoms with Crippen molar-refractivity contribution in [1.29, 1.82) is 0 Å². The van der Waals surface area contributed by atoms with Crippen molar-refractivity contribution in [2.45, 2.75) is 37.8 Å². The lowest BCUT2D eigenvalue weighted by molar-refractivity contribution is -0.125. The average Bonchev–Trinajstić information content (AvgIpc) is 2.27. The number of hydrogen-bond donors (Lipinski definition) is 2. The second kappa shape index (κ2) is 5.76. The van der Waals surface area contributed by atoms with E-state index in [9.17, 15) is 13.2 Å². The van der Waals surface area contributed by atoms with Crippen LogP contribution >= 0.6 is 0 Å². The van der Waals surface area contributed by atoms with E-state index < -0.39 is 9.84 Å². The van der Waals surface area contributed by atoms with Gasteiger partial charge >= 0.3 is 0 Å². The molecule has 2 unspecified atom stereocenters. The Morgan fingerprint density at radius 3 is 2.95 bits per heavy atom. The molecule has 0 aliphatic carbocycles. The minimum Gasteiger partial charge on any atom is -0.379 e. The molecule has 6 nitrogen and oxygen atoms in total. The van der Waals surface area contributed by atoms with Crippen molar-refractivity contribution in [2.75, 3.05) is 31.3 Å². The number of hydrogen-bond acceptors (Lipinski definition) is 5. The SMILES string of the molecule is CC1(NC(=O)CC2CS(=O)(=O)CCN2)CCCOC1. The molecule has 2 atom stereocenters. The summed E-state index contributed by atoms with van der Waals surface area (Å²) in [6.07, 6.45) is 2.04. The molecule has 2 fully saturated rings. The van der Waals surface area contributed by atoms with E-state index in [1.807, 2.05) is 6.92 Å². The molecule has 2 N–H and O–H groups in total. The third-order valence-electron chi connectivity index (χ3n) is 3.61. The molecule has 0 aromatic heterocycles. The molecule has 2 rings (SSSR count). The van der Waals surface area contributed by atoms with Crippen LogP contribution in [0.15, 0.2) is 0 Å². The van der Waals surface area contributed by atoms with Crippen molar-refractivity contribution in [3.05, 3.63) is 0 Å². The van der Waals surface area contributed by atoms with E-state index in [0.717, 1.165) is 19.4 Å². The van der Waals surface area contributed by atoms with Crippen molar-refractivity contribution in [2.24, 2.45) is 0 Å². The smallest absolute Gasteiger partial charge is 0.222 e. The average molecular weight is 290 g/mol. The highest BCUT2D eigenvalue weighted by atomic mass is 32.2. The molecule has 2 aliphatic heterocycles. The molecule has 0 aromatic carbocycles. The van der Waals surface area contributed by atoms with E-state index in [1.54, 1.807) is 0 Å². The first-order valence-corrected chi connectivity index (χ1v) is 8.53. The number of carbonyl (C=O) groups is 1. The van der Waals surface area contributed by atoms with Crippen LogP contribution in [0.5, 0.6) is 0 Å². The standard InChI is InChI=1S/C12H22N2O4S/c1-12(3-2-5-18-9-12)14-11(15)7-10-8-19(16,17)6-4-13-10/h10,13H,2-9H2,1H3,(H,14,15). The minimum absolute atomic E-state index is 0.0492. The zero-order valence-electron chi connectivity index (χ0n) is 11.3. The Morgan fingerprint density at radius 2 is 2.32 bits per heavy atom. The summed E-state index contributed by atoms with van der Waals surface area (Å²) < 4.78 is 28.4. The molecular formula is C12H22N2O4S. The lowest BCUT2D eigenvalue weighted by atomic mass is 9.94. The zero-order chi connectivity index (χ0) is 13.9. The van der Waals surface area contributed by atoms with E-state index in [0.29, 0.717) is 13.2 Å². The lowest BCUT2D eigenvalue weighted by Crippen LogP contribution is -2.54. The maximum atomic E-state index is 12.0. The van der Waals surface area contributed by atoms with Gasteiger partial charge in [-0.1, -0.05) is 0 Å². The quantitative estimate of drug-likeness (QED) is 0.728. The first-order chi connectivity index (χ1) is 8.89. The van der Waals surface area contributed by atoms with Gasteiger partial charge in [-0.05, 0) is 19.8 Å². The Bertz CT molecular complexity index is 429. The highest BCUT2D eigenvalue weighted by molar-refractivity contribution is 7.91. The Balaban J connectivity index is 1.84. The summed E-state index contributed by atoms with van der Waals surface area (Å²) in [6.45, 7) is 3.67. The first-order valence-electron chi connectivity index (χ1n) is 6.71. The summed E-state index contributed by atoms with van der Waals surface area (Å²) in [5, 5.41) is 6.06. The van der Waals surface area contributed by atoms with Crippen molar-refractivity contribution in [1.82, 2.24) is 10.6 Å². The first kappa shape index (κ1) is 14.7. The number of ether oxygens (including phenoxy) is 1. The number of carbonyl (C=O) groups excluding carboxylic acids is 1.